The molecule has 4 nitrogen and oxygen atoms in total. The molecule has 0 unspecified atom stereocenters. The van der Waals surface area contributed by atoms with Gasteiger partial charge in [0.2, 0.25) is 0 Å². The highest BCUT2D eigenvalue weighted by atomic mass is 19.4. The van der Waals surface area contributed by atoms with E-state index < -0.39 is 12.0 Å². The maximum absolute atomic E-state index is 12.0. The number of hydrogen-bond donors (Lipinski definition) is 1. The number of alkyl halides is 3. The summed E-state index contributed by atoms with van der Waals surface area (Å²) >= 11 is 0. The van der Waals surface area contributed by atoms with Crippen LogP contribution < -0.4 is 4.74 Å². The zero-order valence-corrected chi connectivity index (χ0v) is 10.8. The van der Waals surface area contributed by atoms with Crippen LogP contribution in [-0.2, 0) is 0 Å². The predicted octanol–water partition coefficient (Wildman–Crippen LogP) is 2.18. The molecule has 1 amide bonds. The number of halogens is 3. The van der Waals surface area contributed by atoms with Crippen molar-refractivity contribution in [3.8, 4) is 5.75 Å². The van der Waals surface area contributed by atoms with E-state index in [1.807, 2.05) is 6.92 Å². The minimum Gasteiger partial charge on any atom is -0.406 e. The first kappa shape index (κ1) is 14.6. The fourth-order valence-corrected chi connectivity index (χ4v) is 2.01. The van der Waals surface area contributed by atoms with E-state index in [2.05, 4.69) is 4.74 Å². The summed E-state index contributed by atoms with van der Waals surface area (Å²) in [6.45, 7) is 2.30. The van der Waals surface area contributed by atoms with Gasteiger partial charge in [-0.05, 0) is 30.7 Å². The smallest absolute Gasteiger partial charge is 0.406 e. The monoisotopic (exact) mass is 289 g/mol. The first-order valence-electron chi connectivity index (χ1n) is 6.10. The standard InChI is InChI=1S/C13H14F3NO3/c1-2-12(19)7-17(8-12)11(18)9-3-5-10(6-4-9)20-13(14,15)16/h3-6,19H,2,7-8H2,1H3. The van der Waals surface area contributed by atoms with E-state index >= 15 is 0 Å². The largest absolute Gasteiger partial charge is 0.573 e. The number of aliphatic hydroxyl groups is 1. The molecule has 0 saturated carbocycles. The van der Waals surface area contributed by atoms with Crippen molar-refractivity contribution in [3.63, 3.8) is 0 Å². The van der Waals surface area contributed by atoms with E-state index in [1.54, 1.807) is 0 Å². The summed E-state index contributed by atoms with van der Waals surface area (Å²) < 4.78 is 39.7. The van der Waals surface area contributed by atoms with Gasteiger partial charge in [-0.1, -0.05) is 6.92 Å². The Morgan fingerprint density at radius 3 is 2.35 bits per heavy atom. The quantitative estimate of drug-likeness (QED) is 0.928. The molecule has 1 heterocycles. The van der Waals surface area contributed by atoms with Crippen LogP contribution in [0.25, 0.3) is 0 Å². The molecule has 1 saturated heterocycles. The van der Waals surface area contributed by atoms with Crippen molar-refractivity contribution in [1.82, 2.24) is 4.90 Å². The van der Waals surface area contributed by atoms with Crippen LogP contribution in [0.2, 0.25) is 0 Å². The minimum absolute atomic E-state index is 0.239. The third kappa shape index (κ3) is 3.22. The fourth-order valence-electron chi connectivity index (χ4n) is 2.01. The van der Waals surface area contributed by atoms with Gasteiger partial charge < -0.3 is 14.7 Å². The number of carbonyl (C=O) groups is 1. The third-order valence-electron chi connectivity index (χ3n) is 3.25. The molecule has 0 spiro atoms. The molecule has 0 atom stereocenters. The lowest BCUT2D eigenvalue weighted by molar-refractivity contribution is -0.274. The number of carbonyl (C=O) groups excluding carboxylic acids is 1. The van der Waals surface area contributed by atoms with Crippen molar-refractivity contribution in [2.75, 3.05) is 13.1 Å². The van der Waals surface area contributed by atoms with E-state index in [0.29, 0.717) is 6.42 Å². The molecule has 0 aromatic heterocycles. The summed E-state index contributed by atoms with van der Waals surface area (Å²) in [6, 6.07) is 4.72. The number of likely N-dealkylation sites (tertiary alicyclic amines) is 1. The zero-order chi connectivity index (χ0) is 15.0. The Balaban J connectivity index is 1.99. The number of rotatable bonds is 3. The lowest BCUT2D eigenvalue weighted by Gasteiger charge is -2.46. The molecular formula is C13H14F3NO3. The van der Waals surface area contributed by atoms with Gasteiger partial charge in [-0.15, -0.1) is 13.2 Å². The van der Waals surface area contributed by atoms with Crippen LogP contribution in [-0.4, -0.2) is 41.0 Å². The molecule has 1 aromatic carbocycles. The van der Waals surface area contributed by atoms with Crippen molar-refractivity contribution in [1.29, 1.82) is 0 Å². The summed E-state index contributed by atoms with van der Waals surface area (Å²) in [5, 5.41) is 9.82. The van der Waals surface area contributed by atoms with E-state index in [0.717, 1.165) is 12.1 Å². The Kier molecular flexibility index (Phi) is 3.64. The lowest BCUT2D eigenvalue weighted by atomic mass is 9.90. The van der Waals surface area contributed by atoms with Gasteiger partial charge in [-0.25, -0.2) is 0 Å². The van der Waals surface area contributed by atoms with E-state index in [9.17, 15) is 23.1 Å². The number of benzene rings is 1. The SMILES string of the molecule is CCC1(O)CN(C(=O)c2ccc(OC(F)(F)F)cc2)C1. The average Bonchev–Trinajstić information content (AvgIpc) is 2.33. The van der Waals surface area contributed by atoms with Crippen molar-refractivity contribution in [2.45, 2.75) is 25.3 Å². The third-order valence-corrected chi connectivity index (χ3v) is 3.25. The van der Waals surface area contributed by atoms with Gasteiger partial charge in [0, 0.05) is 5.56 Å². The number of ether oxygens (including phenoxy) is 1. The van der Waals surface area contributed by atoms with E-state index in [4.69, 9.17) is 0 Å². The fraction of sp³-hybridized carbons (Fsp3) is 0.462. The van der Waals surface area contributed by atoms with Crippen molar-refractivity contribution < 1.29 is 27.8 Å². The second-order valence-corrected chi connectivity index (χ2v) is 4.81. The second-order valence-electron chi connectivity index (χ2n) is 4.81. The minimum atomic E-state index is -4.75. The van der Waals surface area contributed by atoms with Gasteiger partial charge >= 0.3 is 6.36 Å². The summed E-state index contributed by atoms with van der Waals surface area (Å²) in [6.07, 6.45) is -4.20. The molecule has 7 heteroatoms. The molecule has 1 N–H and O–H groups in total. The van der Waals surface area contributed by atoms with Crippen LogP contribution in [0.3, 0.4) is 0 Å². The van der Waals surface area contributed by atoms with Crippen LogP contribution in [0.5, 0.6) is 5.75 Å². The predicted molar refractivity (Wildman–Crippen MR) is 64.3 cm³/mol. The number of hydrogen-bond acceptors (Lipinski definition) is 3. The topological polar surface area (TPSA) is 49.8 Å². The number of nitrogens with zero attached hydrogens (tertiary/aromatic N) is 1. The Labute approximate surface area is 113 Å². The highest BCUT2D eigenvalue weighted by molar-refractivity contribution is 5.95. The molecule has 1 fully saturated rings. The van der Waals surface area contributed by atoms with Gasteiger partial charge in [0.1, 0.15) is 5.75 Å². The molecule has 20 heavy (non-hydrogen) atoms. The van der Waals surface area contributed by atoms with Gasteiger partial charge in [-0.2, -0.15) is 0 Å². The first-order chi connectivity index (χ1) is 9.22. The summed E-state index contributed by atoms with van der Waals surface area (Å²) in [5.74, 6) is -0.690. The van der Waals surface area contributed by atoms with Gasteiger partial charge in [0.05, 0.1) is 18.7 Å². The molecular weight excluding hydrogens is 275 g/mol. The maximum Gasteiger partial charge on any atom is 0.573 e. The lowest BCUT2D eigenvalue weighted by Crippen LogP contribution is -2.63. The van der Waals surface area contributed by atoms with Crippen molar-refractivity contribution in [3.05, 3.63) is 29.8 Å². The number of amides is 1. The Bertz CT molecular complexity index is 493. The van der Waals surface area contributed by atoms with Gasteiger partial charge in [-0.3, -0.25) is 4.79 Å². The normalized spacial score (nSPS) is 17.6. The second kappa shape index (κ2) is 4.97. The van der Waals surface area contributed by atoms with Crippen LogP contribution in [0.1, 0.15) is 23.7 Å². The summed E-state index contributed by atoms with van der Waals surface area (Å²) in [4.78, 5) is 13.4. The highest BCUT2D eigenvalue weighted by Crippen LogP contribution is 2.27. The van der Waals surface area contributed by atoms with Crippen LogP contribution in [0, 0.1) is 0 Å². The van der Waals surface area contributed by atoms with E-state index in [1.165, 1.54) is 17.0 Å². The average molecular weight is 289 g/mol. The Hall–Kier alpha value is -1.76. The van der Waals surface area contributed by atoms with E-state index in [-0.39, 0.29) is 30.3 Å². The Morgan fingerprint density at radius 1 is 1.35 bits per heavy atom. The highest BCUT2D eigenvalue weighted by Gasteiger charge is 2.42. The molecule has 2 rings (SSSR count). The van der Waals surface area contributed by atoms with Crippen molar-refractivity contribution in [2.24, 2.45) is 0 Å². The van der Waals surface area contributed by atoms with Crippen molar-refractivity contribution >= 4 is 5.91 Å². The Morgan fingerprint density at radius 2 is 1.90 bits per heavy atom. The molecule has 0 radical (unpaired) electrons. The molecule has 1 aliphatic rings. The zero-order valence-electron chi connectivity index (χ0n) is 10.8. The molecule has 110 valence electrons. The molecule has 0 bridgehead atoms. The maximum atomic E-state index is 12.0. The van der Waals surface area contributed by atoms with Crippen LogP contribution in [0.15, 0.2) is 24.3 Å². The van der Waals surface area contributed by atoms with Crippen LogP contribution >= 0.6 is 0 Å². The first-order valence-corrected chi connectivity index (χ1v) is 6.10. The van der Waals surface area contributed by atoms with Crippen LogP contribution in [0.4, 0.5) is 13.2 Å². The molecule has 0 aliphatic carbocycles. The molecule has 1 aromatic rings. The summed E-state index contributed by atoms with van der Waals surface area (Å²) in [7, 11) is 0. The van der Waals surface area contributed by atoms with Gasteiger partial charge in [0.15, 0.2) is 0 Å². The number of β-amino-alcohol motifs (C(OH)–C–C–N with tert-alkyl or cyclic N) is 1. The van der Waals surface area contributed by atoms with Gasteiger partial charge in [0.25, 0.3) is 5.91 Å². The molecule has 1 aliphatic heterocycles. The summed E-state index contributed by atoms with van der Waals surface area (Å²) in [5.41, 5.74) is -0.577.